The number of carbonyl (C=O) groups is 1. The monoisotopic (exact) mass is 352 g/mol. The van der Waals surface area contributed by atoms with Gasteiger partial charge in [-0.05, 0) is 55.7 Å². The first kappa shape index (κ1) is 18.5. The van der Waals surface area contributed by atoms with E-state index in [1.54, 1.807) is 12.1 Å². The minimum atomic E-state index is 0.115. The minimum absolute atomic E-state index is 0.115. The molecule has 0 spiro atoms. The third-order valence-corrected chi connectivity index (χ3v) is 5.28. The van der Waals surface area contributed by atoms with Crippen LogP contribution in [0, 0.1) is 0 Å². The molecule has 0 aromatic heterocycles. The fourth-order valence-corrected chi connectivity index (χ4v) is 3.74. The zero-order chi connectivity index (χ0) is 18.7. The second-order valence-electron chi connectivity index (χ2n) is 7.27. The van der Waals surface area contributed by atoms with Crippen LogP contribution in [0.5, 0.6) is 5.75 Å². The summed E-state index contributed by atoms with van der Waals surface area (Å²) in [4.78, 5) is 17.4. The van der Waals surface area contributed by atoms with Gasteiger partial charge in [-0.3, -0.25) is 9.69 Å². The number of hydrogen-bond donors (Lipinski definition) is 1. The van der Waals surface area contributed by atoms with E-state index in [2.05, 4.69) is 25.7 Å². The molecule has 1 atom stereocenters. The Balaban J connectivity index is 1.71. The molecule has 1 aliphatic rings. The summed E-state index contributed by atoms with van der Waals surface area (Å²) in [5.74, 6) is 0.371. The van der Waals surface area contributed by atoms with E-state index < -0.39 is 0 Å². The molecule has 4 nitrogen and oxygen atoms in total. The molecule has 1 heterocycles. The number of nitrogens with zero attached hydrogens (tertiary/aromatic N) is 2. The summed E-state index contributed by atoms with van der Waals surface area (Å²) in [6.07, 6.45) is 1.06. The Hall–Kier alpha value is -2.33. The summed E-state index contributed by atoms with van der Waals surface area (Å²) in [7, 11) is 0. The van der Waals surface area contributed by atoms with E-state index in [9.17, 15) is 9.90 Å². The van der Waals surface area contributed by atoms with Crippen molar-refractivity contribution in [1.29, 1.82) is 0 Å². The van der Waals surface area contributed by atoms with Gasteiger partial charge < -0.3 is 10.0 Å². The lowest BCUT2D eigenvalue weighted by Gasteiger charge is -2.43. The maximum Gasteiger partial charge on any atom is 0.253 e. The van der Waals surface area contributed by atoms with Crippen molar-refractivity contribution in [2.45, 2.75) is 39.3 Å². The largest absolute Gasteiger partial charge is 0.508 e. The van der Waals surface area contributed by atoms with Crippen molar-refractivity contribution >= 4 is 5.91 Å². The average Bonchev–Trinajstić information content (AvgIpc) is 2.67. The smallest absolute Gasteiger partial charge is 0.253 e. The zero-order valence-corrected chi connectivity index (χ0v) is 15.9. The number of carbonyl (C=O) groups excluding carboxylic acids is 1. The molecule has 2 aromatic carbocycles. The van der Waals surface area contributed by atoms with Crippen LogP contribution in [0.15, 0.2) is 48.5 Å². The van der Waals surface area contributed by atoms with E-state index in [1.807, 2.05) is 41.3 Å². The number of benzene rings is 2. The van der Waals surface area contributed by atoms with Crippen LogP contribution in [0.4, 0.5) is 0 Å². The first-order valence-electron chi connectivity index (χ1n) is 9.44. The number of phenolic OH excluding ortho intramolecular Hbond substituents is 1. The van der Waals surface area contributed by atoms with Gasteiger partial charge in [-0.1, -0.05) is 31.2 Å². The highest BCUT2D eigenvalue weighted by atomic mass is 16.3. The van der Waals surface area contributed by atoms with Crippen LogP contribution in [0.2, 0.25) is 0 Å². The van der Waals surface area contributed by atoms with Crippen molar-refractivity contribution in [3.8, 4) is 16.9 Å². The van der Waals surface area contributed by atoms with E-state index in [0.29, 0.717) is 12.1 Å². The normalized spacial score (nSPS) is 18.3. The summed E-state index contributed by atoms with van der Waals surface area (Å²) in [6.45, 7) is 9.17. The van der Waals surface area contributed by atoms with Crippen LogP contribution >= 0.6 is 0 Å². The Morgan fingerprint density at radius 1 is 1.04 bits per heavy atom. The summed E-state index contributed by atoms with van der Waals surface area (Å²) in [5, 5.41) is 9.41. The topological polar surface area (TPSA) is 43.8 Å². The van der Waals surface area contributed by atoms with E-state index in [1.165, 1.54) is 0 Å². The van der Waals surface area contributed by atoms with E-state index in [-0.39, 0.29) is 11.7 Å². The molecule has 0 radical (unpaired) electrons. The molecule has 1 unspecified atom stereocenters. The van der Waals surface area contributed by atoms with Gasteiger partial charge in [-0.15, -0.1) is 0 Å². The molecule has 1 amide bonds. The molecule has 4 heteroatoms. The lowest BCUT2D eigenvalue weighted by atomic mass is 10.0. The van der Waals surface area contributed by atoms with Crippen LogP contribution < -0.4 is 0 Å². The van der Waals surface area contributed by atoms with Crippen LogP contribution in [-0.4, -0.2) is 52.5 Å². The predicted molar refractivity (Wildman–Crippen MR) is 105 cm³/mol. The summed E-state index contributed by atoms with van der Waals surface area (Å²) in [5.41, 5.74) is 2.80. The molecule has 1 aliphatic heterocycles. The van der Waals surface area contributed by atoms with Crippen LogP contribution in [0.3, 0.4) is 0 Å². The highest BCUT2D eigenvalue weighted by Gasteiger charge is 2.30. The Morgan fingerprint density at radius 3 is 2.15 bits per heavy atom. The van der Waals surface area contributed by atoms with Gasteiger partial charge in [0.05, 0.1) is 0 Å². The fourth-order valence-electron chi connectivity index (χ4n) is 3.74. The number of phenols is 1. The van der Waals surface area contributed by atoms with Gasteiger partial charge in [0.25, 0.3) is 5.91 Å². The molecule has 2 aromatic rings. The van der Waals surface area contributed by atoms with Crippen molar-refractivity contribution in [3.05, 3.63) is 54.1 Å². The molecule has 138 valence electrons. The molecule has 1 N–H and O–H groups in total. The molecule has 1 saturated heterocycles. The molecule has 0 saturated carbocycles. The van der Waals surface area contributed by atoms with Crippen molar-refractivity contribution in [2.75, 3.05) is 19.6 Å². The quantitative estimate of drug-likeness (QED) is 0.904. The van der Waals surface area contributed by atoms with Crippen molar-refractivity contribution in [1.82, 2.24) is 9.80 Å². The Labute approximate surface area is 156 Å². The van der Waals surface area contributed by atoms with Gasteiger partial charge in [0, 0.05) is 37.3 Å². The predicted octanol–water partition coefficient (Wildman–Crippen LogP) is 4.00. The number of amides is 1. The maximum atomic E-state index is 12.9. The van der Waals surface area contributed by atoms with Crippen molar-refractivity contribution in [2.24, 2.45) is 0 Å². The fraction of sp³-hybridized carbons (Fsp3) is 0.409. The SMILES string of the molecule is CCC1CN(C(=O)c2ccc(-c3ccc(O)cc3)cc2)CCN1C(C)C. The van der Waals surface area contributed by atoms with Gasteiger partial charge >= 0.3 is 0 Å². The lowest BCUT2D eigenvalue weighted by Crippen LogP contribution is -2.56. The summed E-state index contributed by atoms with van der Waals surface area (Å²) < 4.78 is 0. The maximum absolute atomic E-state index is 12.9. The minimum Gasteiger partial charge on any atom is -0.508 e. The molecule has 0 bridgehead atoms. The second kappa shape index (κ2) is 7.92. The van der Waals surface area contributed by atoms with Crippen LogP contribution in [0.25, 0.3) is 11.1 Å². The number of aromatic hydroxyl groups is 1. The average molecular weight is 352 g/mol. The number of hydrogen-bond acceptors (Lipinski definition) is 3. The number of rotatable bonds is 4. The van der Waals surface area contributed by atoms with Crippen molar-refractivity contribution < 1.29 is 9.90 Å². The first-order valence-corrected chi connectivity index (χ1v) is 9.44. The van der Waals surface area contributed by atoms with Gasteiger partial charge in [-0.2, -0.15) is 0 Å². The summed E-state index contributed by atoms with van der Waals surface area (Å²) >= 11 is 0. The Bertz CT molecular complexity index is 738. The van der Waals surface area contributed by atoms with Crippen LogP contribution in [0.1, 0.15) is 37.6 Å². The molecule has 26 heavy (non-hydrogen) atoms. The number of piperazine rings is 1. The highest BCUT2D eigenvalue weighted by molar-refractivity contribution is 5.94. The van der Waals surface area contributed by atoms with Gasteiger partial charge in [-0.25, -0.2) is 0 Å². The standard InChI is InChI=1S/C22H28N2O2/c1-4-20-15-23(13-14-24(20)16(2)3)22(26)19-7-5-17(6-8-19)18-9-11-21(25)12-10-18/h5-12,16,20,25H,4,13-15H2,1-3H3. The third kappa shape index (κ3) is 3.91. The van der Waals surface area contributed by atoms with Crippen LogP contribution in [-0.2, 0) is 0 Å². The third-order valence-electron chi connectivity index (χ3n) is 5.28. The molecular weight excluding hydrogens is 324 g/mol. The highest BCUT2D eigenvalue weighted by Crippen LogP contribution is 2.23. The first-order chi connectivity index (χ1) is 12.5. The van der Waals surface area contributed by atoms with Gasteiger partial charge in [0.2, 0.25) is 0 Å². The molecule has 1 fully saturated rings. The summed E-state index contributed by atoms with van der Waals surface area (Å²) in [6, 6.07) is 15.8. The lowest BCUT2D eigenvalue weighted by molar-refractivity contribution is 0.0371. The molecule has 3 rings (SSSR count). The van der Waals surface area contributed by atoms with E-state index >= 15 is 0 Å². The van der Waals surface area contributed by atoms with Crippen molar-refractivity contribution in [3.63, 3.8) is 0 Å². The molecular formula is C22H28N2O2. The Morgan fingerprint density at radius 2 is 1.62 bits per heavy atom. The second-order valence-corrected chi connectivity index (χ2v) is 7.27. The Kier molecular flexibility index (Phi) is 5.62. The molecule has 0 aliphatic carbocycles. The van der Waals surface area contributed by atoms with E-state index in [4.69, 9.17) is 0 Å². The zero-order valence-electron chi connectivity index (χ0n) is 15.9. The van der Waals surface area contributed by atoms with Gasteiger partial charge in [0.1, 0.15) is 5.75 Å². The van der Waals surface area contributed by atoms with E-state index in [0.717, 1.165) is 42.7 Å². The van der Waals surface area contributed by atoms with Gasteiger partial charge in [0.15, 0.2) is 0 Å².